The van der Waals surface area contributed by atoms with Gasteiger partial charge in [0.2, 0.25) is 5.82 Å². The van der Waals surface area contributed by atoms with Gasteiger partial charge in [-0.3, -0.25) is 9.97 Å². The van der Waals surface area contributed by atoms with Gasteiger partial charge in [0.05, 0.1) is 0 Å². The molecule has 23 heavy (non-hydrogen) atoms. The first-order valence-electron chi connectivity index (χ1n) is 7.88. The molecule has 0 bridgehead atoms. The molecule has 0 saturated heterocycles. The summed E-state index contributed by atoms with van der Waals surface area (Å²) in [5.41, 5.74) is 5.80. The highest BCUT2D eigenvalue weighted by Gasteiger charge is 2.13. The average molecular weight is 308 g/mol. The number of hydrogen-bond donors (Lipinski definition) is 0. The van der Waals surface area contributed by atoms with Crippen molar-refractivity contribution in [2.24, 2.45) is 0 Å². The molecular formula is C18H20N4O. The molecule has 0 amide bonds. The molecule has 3 heterocycles. The summed E-state index contributed by atoms with van der Waals surface area (Å²) in [5, 5.41) is 4.13. The van der Waals surface area contributed by atoms with Crippen LogP contribution in [0.25, 0.3) is 22.8 Å². The van der Waals surface area contributed by atoms with Gasteiger partial charge >= 0.3 is 0 Å². The van der Waals surface area contributed by atoms with Crippen molar-refractivity contribution in [1.29, 1.82) is 0 Å². The number of hydrogen-bond acceptors (Lipinski definition) is 5. The van der Waals surface area contributed by atoms with Gasteiger partial charge in [-0.1, -0.05) is 19.0 Å². The Morgan fingerprint density at radius 1 is 0.783 bits per heavy atom. The maximum Gasteiger partial charge on any atom is 0.258 e. The Kier molecular flexibility index (Phi) is 4.19. The Hall–Kier alpha value is -2.56. The van der Waals surface area contributed by atoms with E-state index in [-0.39, 0.29) is 0 Å². The quantitative estimate of drug-likeness (QED) is 0.730. The molecule has 0 spiro atoms. The Balaban J connectivity index is 2.01. The van der Waals surface area contributed by atoms with Crippen molar-refractivity contribution < 1.29 is 4.52 Å². The molecule has 0 fully saturated rings. The highest BCUT2D eigenvalue weighted by Crippen LogP contribution is 2.24. The van der Waals surface area contributed by atoms with Crippen LogP contribution in [0.5, 0.6) is 0 Å². The van der Waals surface area contributed by atoms with Crippen LogP contribution in [-0.2, 0) is 12.8 Å². The minimum absolute atomic E-state index is 0.521. The second-order valence-corrected chi connectivity index (χ2v) is 5.61. The highest BCUT2D eigenvalue weighted by atomic mass is 16.5. The fraction of sp³-hybridized carbons (Fsp3) is 0.333. The smallest absolute Gasteiger partial charge is 0.258 e. The summed E-state index contributed by atoms with van der Waals surface area (Å²) in [5.74, 6) is 1.11. The minimum atomic E-state index is 0.521. The zero-order valence-electron chi connectivity index (χ0n) is 13.9. The summed E-state index contributed by atoms with van der Waals surface area (Å²) < 4.78 is 5.46. The third-order valence-corrected chi connectivity index (χ3v) is 3.67. The first-order chi connectivity index (χ1) is 11.1. The van der Waals surface area contributed by atoms with Gasteiger partial charge in [-0.25, -0.2) is 0 Å². The fourth-order valence-corrected chi connectivity index (χ4v) is 2.55. The van der Waals surface area contributed by atoms with Crippen molar-refractivity contribution in [2.75, 3.05) is 0 Å². The van der Waals surface area contributed by atoms with Gasteiger partial charge in [0, 0.05) is 33.9 Å². The minimum Gasteiger partial charge on any atom is -0.334 e. The Labute approximate surface area is 135 Å². The summed E-state index contributed by atoms with van der Waals surface area (Å²) in [7, 11) is 0. The molecule has 0 aliphatic heterocycles. The molecule has 0 aromatic carbocycles. The van der Waals surface area contributed by atoms with Crippen LogP contribution in [-0.4, -0.2) is 20.1 Å². The van der Waals surface area contributed by atoms with Crippen LogP contribution in [0.3, 0.4) is 0 Å². The first kappa shape index (κ1) is 15.3. The normalized spacial score (nSPS) is 11.0. The van der Waals surface area contributed by atoms with Crippen molar-refractivity contribution in [2.45, 2.75) is 40.5 Å². The number of pyridine rings is 2. The molecule has 0 N–H and O–H groups in total. The lowest BCUT2D eigenvalue weighted by Gasteiger charge is -2.02. The van der Waals surface area contributed by atoms with Crippen molar-refractivity contribution in [3.8, 4) is 22.8 Å². The molecule has 5 nitrogen and oxygen atoms in total. The van der Waals surface area contributed by atoms with Crippen LogP contribution >= 0.6 is 0 Å². The molecule has 5 heteroatoms. The second-order valence-electron chi connectivity index (χ2n) is 5.61. The van der Waals surface area contributed by atoms with Gasteiger partial charge in [0.15, 0.2) is 0 Å². The van der Waals surface area contributed by atoms with Crippen molar-refractivity contribution >= 4 is 0 Å². The number of aryl methyl sites for hydroxylation is 4. The van der Waals surface area contributed by atoms with Gasteiger partial charge in [-0.2, -0.15) is 4.98 Å². The van der Waals surface area contributed by atoms with E-state index in [1.165, 1.54) is 0 Å². The molecule has 0 unspecified atom stereocenters. The second kappa shape index (κ2) is 6.28. The van der Waals surface area contributed by atoms with E-state index in [2.05, 4.69) is 34.0 Å². The predicted molar refractivity (Wildman–Crippen MR) is 89.0 cm³/mol. The summed E-state index contributed by atoms with van der Waals surface area (Å²) >= 11 is 0. The maximum absolute atomic E-state index is 5.46. The number of rotatable bonds is 4. The van der Waals surface area contributed by atoms with Crippen molar-refractivity contribution in [3.63, 3.8) is 0 Å². The molecule has 3 aromatic rings. The summed E-state index contributed by atoms with van der Waals surface area (Å²) in [4.78, 5) is 13.5. The molecule has 0 saturated carbocycles. The molecule has 0 radical (unpaired) electrons. The largest absolute Gasteiger partial charge is 0.334 e. The summed E-state index contributed by atoms with van der Waals surface area (Å²) in [6.07, 6.45) is 1.75. The summed E-state index contributed by atoms with van der Waals surface area (Å²) in [6, 6.07) is 7.95. The third kappa shape index (κ3) is 3.28. The maximum atomic E-state index is 5.46. The summed E-state index contributed by atoms with van der Waals surface area (Å²) in [6.45, 7) is 8.11. The Morgan fingerprint density at radius 2 is 1.35 bits per heavy atom. The van der Waals surface area contributed by atoms with Crippen molar-refractivity contribution in [3.05, 3.63) is 47.0 Å². The first-order valence-corrected chi connectivity index (χ1v) is 7.88. The van der Waals surface area contributed by atoms with E-state index < -0.39 is 0 Å². The molecule has 118 valence electrons. The third-order valence-electron chi connectivity index (χ3n) is 3.67. The average Bonchev–Trinajstić information content (AvgIpc) is 3.03. The molecule has 0 aliphatic rings. The molecule has 0 aliphatic carbocycles. The SMILES string of the molecule is CCc1cc(-c2noc(-c3cc(C)nc(CC)c3)n2)cc(C)n1. The van der Waals surface area contributed by atoms with Gasteiger partial charge in [0.25, 0.3) is 5.89 Å². The Morgan fingerprint density at radius 3 is 1.96 bits per heavy atom. The Bertz CT molecular complexity index is 771. The van der Waals surface area contributed by atoms with Gasteiger partial charge < -0.3 is 4.52 Å². The van der Waals surface area contributed by atoms with Gasteiger partial charge in [-0.05, 0) is 51.0 Å². The van der Waals surface area contributed by atoms with E-state index >= 15 is 0 Å². The van der Waals surface area contributed by atoms with Crippen LogP contribution in [0.2, 0.25) is 0 Å². The standard InChI is InChI=1S/C18H20N4O/c1-5-15-9-13(7-11(3)19-15)17-21-18(23-22-17)14-8-12(4)20-16(6-2)10-14/h7-10H,5-6H2,1-4H3. The highest BCUT2D eigenvalue weighted by molar-refractivity contribution is 5.60. The molecule has 3 rings (SSSR count). The van der Waals surface area contributed by atoms with Crippen LogP contribution < -0.4 is 0 Å². The lowest BCUT2D eigenvalue weighted by Crippen LogP contribution is -1.93. The van der Waals surface area contributed by atoms with Crippen LogP contribution in [0.15, 0.2) is 28.8 Å². The van der Waals surface area contributed by atoms with E-state index in [4.69, 9.17) is 4.52 Å². The van der Waals surface area contributed by atoms with E-state index in [1.807, 2.05) is 38.1 Å². The molecular weight excluding hydrogens is 288 g/mol. The van der Waals surface area contributed by atoms with Gasteiger partial charge in [0.1, 0.15) is 0 Å². The monoisotopic (exact) mass is 308 g/mol. The molecule has 0 atom stereocenters. The fourth-order valence-electron chi connectivity index (χ4n) is 2.55. The zero-order valence-corrected chi connectivity index (χ0v) is 13.9. The lowest BCUT2D eigenvalue weighted by atomic mass is 10.1. The number of aromatic nitrogens is 4. The van der Waals surface area contributed by atoms with E-state index in [1.54, 1.807) is 0 Å². The van der Waals surface area contributed by atoms with E-state index in [0.717, 1.165) is 46.7 Å². The lowest BCUT2D eigenvalue weighted by molar-refractivity contribution is 0.432. The number of nitrogens with zero attached hydrogens (tertiary/aromatic N) is 4. The van der Waals surface area contributed by atoms with Crippen molar-refractivity contribution in [1.82, 2.24) is 20.1 Å². The van der Waals surface area contributed by atoms with Crippen LogP contribution in [0.4, 0.5) is 0 Å². The van der Waals surface area contributed by atoms with Gasteiger partial charge in [-0.15, -0.1) is 0 Å². The zero-order chi connectivity index (χ0) is 16.4. The van der Waals surface area contributed by atoms with E-state index in [9.17, 15) is 0 Å². The van der Waals surface area contributed by atoms with Crippen LogP contribution in [0.1, 0.15) is 36.6 Å². The predicted octanol–water partition coefficient (Wildman–Crippen LogP) is 3.94. The van der Waals surface area contributed by atoms with E-state index in [0.29, 0.717) is 11.7 Å². The molecule has 3 aromatic heterocycles. The van der Waals surface area contributed by atoms with Crippen LogP contribution in [0, 0.1) is 13.8 Å². The topological polar surface area (TPSA) is 64.7 Å².